The number of nitrogens with zero attached hydrogens (tertiary/aromatic N) is 3. The highest BCUT2D eigenvalue weighted by Gasteiger charge is 2.49. The number of imide groups is 1. The molecule has 1 N–H and O–H groups in total. The number of aromatic nitrogens is 1. The molecule has 3 aromatic rings. The van der Waals surface area contributed by atoms with Gasteiger partial charge in [-0.25, -0.2) is 4.79 Å². The highest BCUT2D eigenvalue weighted by Crippen LogP contribution is 2.35. The molecule has 3 amide bonds. The molecule has 1 atom stereocenters. The maximum atomic E-state index is 13.3. The van der Waals surface area contributed by atoms with E-state index in [9.17, 15) is 24.5 Å². The first-order valence-corrected chi connectivity index (χ1v) is 11.1. The lowest BCUT2D eigenvalue weighted by molar-refractivity contribution is -0.384. The third-order valence-corrected chi connectivity index (χ3v) is 6.58. The average molecular weight is 490 g/mol. The van der Waals surface area contributed by atoms with Crippen molar-refractivity contribution in [1.82, 2.24) is 14.8 Å². The Hall–Kier alpha value is -4.67. The number of Topliss-reactive ketones (excluding diaryl/α,β-unsaturated/α-hetero) is 1. The summed E-state index contributed by atoms with van der Waals surface area (Å²) in [5, 5.41) is 13.6. The Kier molecular flexibility index (Phi) is 5.27. The predicted molar refractivity (Wildman–Crippen MR) is 126 cm³/mol. The highest BCUT2D eigenvalue weighted by atomic mass is 16.7. The number of amides is 3. The van der Waals surface area contributed by atoms with Crippen LogP contribution < -0.4 is 14.8 Å². The van der Waals surface area contributed by atoms with E-state index >= 15 is 0 Å². The monoisotopic (exact) mass is 490 g/mol. The molecule has 2 aliphatic rings. The molecule has 2 aliphatic heterocycles. The summed E-state index contributed by atoms with van der Waals surface area (Å²) in [6.45, 7) is 4.85. The number of rotatable bonds is 6. The second-order valence-corrected chi connectivity index (χ2v) is 8.83. The second-order valence-electron chi connectivity index (χ2n) is 8.83. The largest absolute Gasteiger partial charge is 0.454 e. The Balaban J connectivity index is 1.39. The number of fused-ring (bicyclic) bond motifs is 1. The normalized spacial score (nSPS) is 18.5. The maximum Gasteiger partial charge on any atom is 0.325 e. The van der Waals surface area contributed by atoms with Crippen molar-refractivity contribution in [2.24, 2.45) is 0 Å². The summed E-state index contributed by atoms with van der Waals surface area (Å²) in [6.07, 6.45) is 0. The first kappa shape index (κ1) is 23.1. The number of ether oxygens (including phenoxy) is 2. The molecular weight excluding hydrogens is 468 g/mol. The van der Waals surface area contributed by atoms with E-state index in [0.29, 0.717) is 28.3 Å². The van der Waals surface area contributed by atoms with Gasteiger partial charge in [0.15, 0.2) is 17.3 Å². The molecule has 36 heavy (non-hydrogen) atoms. The lowest BCUT2D eigenvalue weighted by Gasteiger charge is -2.22. The van der Waals surface area contributed by atoms with Gasteiger partial charge in [0, 0.05) is 40.8 Å². The van der Waals surface area contributed by atoms with E-state index in [1.807, 2.05) is 23.6 Å². The number of hydrogen-bond acceptors (Lipinski definition) is 7. The molecule has 184 valence electrons. The molecule has 0 aliphatic carbocycles. The van der Waals surface area contributed by atoms with E-state index < -0.39 is 34.7 Å². The van der Waals surface area contributed by atoms with Gasteiger partial charge in [-0.1, -0.05) is 0 Å². The molecule has 1 saturated heterocycles. The summed E-state index contributed by atoms with van der Waals surface area (Å²) >= 11 is 0. The van der Waals surface area contributed by atoms with Gasteiger partial charge in [-0.3, -0.25) is 24.6 Å². The first-order valence-electron chi connectivity index (χ1n) is 11.1. The SMILES string of the molecule is Cc1cc(C(=O)CN2C(=O)NC(C)(c3ccc([N+](=O)[O-])cc3)C2=O)c(C)n1-c1ccc2c(c1)OCO2. The average Bonchev–Trinajstić information content (AvgIpc) is 3.50. The number of ketones is 1. The lowest BCUT2D eigenvalue weighted by atomic mass is 9.92. The summed E-state index contributed by atoms with van der Waals surface area (Å²) in [5.74, 6) is 0.246. The number of nitrogens with one attached hydrogen (secondary N) is 1. The zero-order valence-corrected chi connectivity index (χ0v) is 19.7. The third-order valence-electron chi connectivity index (χ3n) is 6.58. The van der Waals surface area contributed by atoms with E-state index in [1.54, 1.807) is 19.1 Å². The van der Waals surface area contributed by atoms with Gasteiger partial charge in [-0.2, -0.15) is 0 Å². The molecule has 5 rings (SSSR count). The van der Waals surface area contributed by atoms with Crippen molar-refractivity contribution in [3.8, 4) is 17.2 Å². The quantitative estimate of drug-likeness (QED) is 0.242. The van der Waals surface area contributed by atoms with Crippen LogP contribution in [-0.4, -0.2) is 45.4 Å². The van der Waals surface area contributed by atoms with Gasteiger partial charge >= 0.3 is 6.03 Å². The fourth-order valence-corrected chi connectivity index (χ4v) is 4.65. The Labute approximate surface area is 205 Å². The second kappa shape index (κ2) is 8.22. The van der Waals surface area contributed by atoms with E-state index in [0.717, 1.165) is 16.3 Å². The fourth-order valence-electron chi connectivity index (χ4n) is 4.65. The van der Waals surface area contributed by atoms with Crippen LogP contribution in [0.25, 0.3) is 5.69 Å². The lowest BCUT2D eigenvalue weighted by Crippen LogP contribution is -2.41. The van der Waals surface area contributed by atoms with Gasteiger partial charge in [0.2, 0.25) is 6.79 Å². The zero-order chi connectivity index (χ0) is 25.8. The number of carbonyl (C=O) groups excluding carboxylic acids is 3. The van der Waals surface area contributed by atoms with E-state index in [1.165, 1.54) is 31.2 Å². The van der Waals surface area contributed by atoms with E-state index in [-0.39, 0.29) is 12.5 Å². The van der Waals surface area contributed by atoms with Gasteiger partial charge in [-0.15, -0.1) is 0 Å². The summed E-state index contributed by atoms with van der Waals surface area (Å²) in [6, 6.07) is 11.8. The summed E-state index contributed by atoms with van der Waals surface area (Å²) in [4.78, 5) is 50.5. The van der Waals surface area contributed by atoms with Crippen LogP contribution >= 0.6 is 0 Å². The van der Waals surface area contributed by atoms with Gasteiger partial charge < -0.3 is 19.4 Å². The number of urea groups is 1. The zero-order valence-electron chi connectivity index (χ0n) is 19.7. The van der Waals surface area contributed by atoms with Crippen molar-refractivity contribution >= 4 is 23.4 Å². The smallest absolute Gasteiger partial charge is 0.325 e. The minimum absolute atomic E-state index is 0.135. The number of carbonyl (C=O) groups is 3. The van der Waals surface area contributed by atoms with Crippen molar-refractivity contribution in [3.63, 3.8) is 0 Å². The molecule has 1 aromatic heterocycles. The molecule has 2 aromatic carbocycles. The minimum Gasteiger partial charge on any atom is -0.454 e. The molecule has 1 fully saturated rings. The standard InChI is InChI=1S/C25H22N4O7/c1-14-10-19(15(2)28(14)18-8-9-21-22(11-18)36-13-35-21)20(30)12-27-23(31)25(3,26-24(27)32)16-4-6-17(7-5-16)29(33)34/h4-11H,12-13H2,1-3H3,(H,26,32). The fraction of sp³-hybridized carbons (Fsp3) is 0.240. The van der Waals surface area contributed by atoms with Crippen molar-refractivity contribution in [2.75, 3.05) is 13.3 Å². The molecular formula is C25H22N4O7. The Morgan fingerprint density at radius 3 is 2.47 bits per heavy atom. The Morgan fingerprint density at radius 1 is 1.08 bits per heavy atom. The van der Waals surface area contributed by atoms with Crippen LogP contribution in [0, 0.1) is 24.0 Å². The Bertz CT molecular complexity index is 1440. The molecule has 0 spiro atoms. The first-order chi connectivity index (χ1) is 17.1. The van der Waals surface area contributed by atoms with Crippen LogP contribution in [0.3, 0.4) is 0 Å². The number of nitro groups is 1. The van der Waals surface area contributed by atoms with Gasteiger partial charge in [0.1, 0.15) is 5.54 Å². The molecule has 0 saturated carbocycles. The maximum absolute atomic E-state index is 13.3. The van der Waals surface area contributed by atoms with Crippen LogP contribution in [0.1, 0.15) is 34.2 Å². The van der Waals surface area contributed by atoms with Crippen LogP contribution in [0.5, 0.6) is 11.5 Å². The topological polar surface area (TPSA) is 133 Å². The molecule has 1 unspecified atom stereocenters. The van der Waals surface area contributed by atoms with E-state index in [2.05, 4.69) is 5.32 Å². The van der Waals surface area contributed by atoms with Crippen molar-refractivity contribution in [2.45, 2.75) is 26.3 Å². The molecule has 0 radical (unpaired) electrons. The van der Waals surface area contributed by atoms with E-state index in [4.69, 9.17) is 9.47 Å². The van der Waals surface area contributed by atoms with Crippen molar-refractivity contribution in [3.05, 3.63) is 81.2 Å². The van der Waals surface area contributed by atoms with Gasteiger partial charge in [-0.05, 0) is 56.7 Å². The number of nitro benzene ring substituents is 1. The molecule has 3 heterocycles. The number of aryl methyl sites for hydroxylation is 1. The minimum atomic E-state index is -1.45. The third kappa shape index (κ3) is 3.56. The number of benzene rings is 2. The van der Waals surface area contributed by atoms with Crippen molar-refractivity contribution < 1.29 is 28.8 Å². The highest BCUT2D eigenvalue weighted by molar-refractivity contribution is 6.11. The summed E-state index contributed by atoms with van der Waals surface area (Å²) in [7, 11) is 0. The van der Waals surface area contributed by atoms with Crippen LogP contribution in [0.2, 0.25) is 0 Å². The van der Waals surface area contributed by atoms with Gasteiger partial charge in [0.25, 0.3) is 11.6 Å². The molecule has 11 heteroatoms. The van der Waals surface area contributed by atoms with Crippen LogP contribution in [0.4, 0.5) is 10.5 Å². The summed E-state index contributed by atoms with van der Waals surface area (Å²) in [5.41, 5.74) is 1.41. The summed E-state index contributed by atoms with van der Waals surface area (Å²) < 4.78 is 12.7. The predicted octanol–water partition coefficient (Wildman–Crippen LogP) is 3.38. The van der Waals surface area contributed by atoms with Crippen LogP contribution in [0.15, 0.2) is 48.5 Å². The number of non-ortho nitro benzene ring substituents is 1. The van der Waals surface area contributed by atoms with Gasteiger partial charge in [0.05, 0.1) is 11.5 Å². The Morgan fingerprint density at radius 2 is 1.78 bits per heavy atom. The molecule has 11 nitrogen and oxygen atoms in total. The molecule has 0 bridgehead atoms. The number of hydrogen-bond donors (Lipinski definition) is 1. The van der Waals surface area contributed by atoms with Crippen LogP contribution in [-0.2, 0) is 10.3 Å². The van der Waals surface area contributed by atoms with Crippen molar-refractivity contribution in [1.29, 1.82) is 0 Å².